The van der Waals surface area contributed by atoms with Crippen molar-refractivity contribution in [1.29, 1.82) is 0 Å². The Hall–Kier alpha value is -1.97. The van der Waals surface area contributed by atoms with E-state index in [-0.39, 0.29) is 5.41 Å². The molecule has 0 aliphatic heterocycles. The third-order valence-corrected chi connectivity index (χ3v) is 2.83. The molecule has 0 aliphatic rings. The fourth-order valence-electron chi connectivity index (χ4n) is 1.67. The predicted octanol–water partition coefficient (Wildman–Crippen LogP) is 3.04. The zero-order chi connectivity index (χ0) is 13.3. The standard InChI is InChI=1S/C14H20N4/c1-14(2,3)12-9-13(18(4)17-12)16-11-7-5-10(15)6-8-11/h5-9,16H,15H2,1-4H3. The lowest BCUT2D eigenvalue weighted by molar-refractivity contribution is 0.553. The SMILES string of the molecule is Cn1nc(C(C)(C)C)cc1Nc1ccc(N)cc1. The van der Waals surface area contributed by atoms with Crippen LogP contribution in [0, 0.1) is 0 Å². The van der Waals surface area contributed by atoms with Crippen LogP contribution in [-0.2, 0) is 12.5 Å². The molecule has 4 heteroatoms. The smallest absolute Gasteiger partial charge is 0.128 e. The molecule has 0 aliphatic carbocycles. The molecule has 0 atom stereocenters. The summed E-state index contributed by atoms with van der Waals surface area (Å²) in [5.74, 6) is 0.977. The predicted molar refractivity (Wildman–Crippen MR) is 76.0 cm³/mol. The Labute approximate surface area is 108 Å². The minimum Gasteiger partial charge on any atom is -0.399 e. The van der Waals surface area contributed by atoms with Crippen molar-refractivity contribution in [2.75, 3.05) is 11.1 Å². The van der Waals surface area contributed by atoms with Crippen LogP contribution in [0.3, 0.4) is 0 Å². The number of hydrogen-bond acceptors (Lipinski definition) is 3. The molecule has 0 bridgehead atoms. The third kappa shape index (κ3) is 2.64. The molecule has 0 radical (unpaired) electrons. The van der Waals surface area contributed by atoms with Gasteiger partial charge in [0.25, 0.3) is 0 Å². The largest absolute Gasteiger partial charge is 0.399 e. The molecule has 0 saturated carbocycles. The van der Waals surface area contributed by atoms with Crippen molar-refractivity contribution in [3.05, 3.63) is 36.0 Å². The normalized spacial score (nSPS) is 11.6. The van der Waals surface area contributed by atoms with Gasteiger partial charge in [0.1, 0.15) is 5.82 Å². The molecule has 0 amide bonds. The Bertz CT molecular complexity index is 532. The number of nitrogens with zero attached hydrogens (tertiary/aromatic N) is 2. The van der Waals surface area contributed by atoms with Gasteiger partial charge in [-0.1, -0.05) is 20.8 Å². The molecule has 1 heterocycles. The molecule has 1 aromatic carbocycles. The molecule has 18 heavy (non-hydrogen) atoms. The van der Waals surface area contributed by atoms with Gasteiger partial charge in [-0.15, -0.1) is 0 Å². The number of anilines is 3. The number of aromatic nitrogens is 2. The van der Waals surface area contributed by atoms with Crippen molar-refractivity contribution in [3.63, 3.8) is 0 Å². The molecule has 4 nitrogen and oxygen atoms in total. The summed E-state index contributed by atoms with van der Waals surface area (Å²) < 4.78 is 1.86. The van der Waals surface area contributed by atoms with Crippen LogP contribution in [0.2, 0.25) is 0 Å². The minimum atomic E-state index is 0.0544. The molecule has 96 valence electrons. The van der Waals surface area contributed by atoms with Crippen LogP contribution in [0.15, 0.2) is 30.3 Å². The van der Waals surface area contributed by atoms with Gasteiger partial charge in [-0.05, 0) is 24.3 Å². The maximum absolute atomic E-state index is 5.67. The fourth-order valence-corrected chi connectivity index (χ4v) is 1.67. The van der Waals surface area contributed by atoms with E-state index in [1.54, 1.807) is 0 Å². The highest BCUT2D eigenvalue weighted by Crippen LogP contribution is 2.25. The second-order valence-electron chi connectivity index (χ2n) is 5.54. The third-order valence-electron chi connectivity index (χ3n) is 2.83. The van der Waals surface area contributed by atoms with E-state index in [9.17, 15) is 0 Å². The molecular weight excluding hydrogens is 224 g/mol. The first-order valence-corrected chi connectivity index (χ1v) is 6.03. The summed E-state index contributed by atoms with van der Waals surface area (Å²) in [5.41, 5.74) is 8.56. The molecule has 0 spiro atoms. The van der Waals surface area contributed by atoms with Gasteiger partial charge >= 0.3 is 0 Å². The maximum atomic E-state index is 5.67. The number of nitrogens with one attached hydrogen (secondary N) is 1. The average Bonchev–Trinajstić information content (AvgIpc) is 2.63. The van der Waals surface area contributed by atoms with Crippen LogP contribution in [0.1, 0.15) is 26.5 Å². The maximum Gasteiger partial charge on any atom is 0.128 e. The van der Waals surface area contributed by atoms with Crippen LogP contribution in [0.5, 0.6) is 0 Å². The second-order valence-corrected chi connectivity index (χ2v) is 5.54. The van der Waals surface area contributed by atoms with Gasteiger partial charge in [0, 0.05) is 29.9 Å². The molecule has 2 aromatic rings. The highest BCUT2D eigenvalue weighted by Gasteiger charge is 2.18. The first-order chi connectivity index (χ1) is 8.36. The lowest BCUT2D eigenvalue weighted by atomic mass is 9.92. The highest BCUT2D eigenvalue weighted by molar-refractivity contribution is 5.59. The first-order valence-electron chi connectivity index (χ1n) is 6.03. The Balaban J connectivity index is 2.24. The van der Waals surface area contributed by atoms with E-state index in [0.29, 0.717) is 0 Å². The number of rotatable bonds is 2. The van der Waals surface area contributed by atoms with Gasteiger partial charge in [0.15, 0.2) is 0 Å². The van der Waals surface area contributed by atoms with E-state index in [1.165, 1.54) is 0 Å². The highest BCUT2D eigenvalue weighted by atomic mass is 15.3. The van der Waals surface area contributed by atoms with E-state index in [0.717, 1.165) is 22.9 Å². The molecule has 2 rings (SSSR count). The lowest BCUT2D eigenvalue weighted by Crippen LogP contribution is -2.12. The lowest BCUT2D eigenvalue weighted by Gasteiger charge is -2.13. The van der Waals surface area contributed by atoms with Gasteiger partial charge < -0.3 is 11.1 Å². The van der Waals surface area contributed by atoms with Crippen molar-refractivity contribution >= 4 is 17.2 Å². The number of hydrogen-bond donors (Lipinski definition) is 2. The average molecular weight is 244 g/mol. The minimum absolute atomic E-state index is 0.0544. The van der Waals surface area contributed by atoms with Crippen molar-refractivity contribution in [2.45, 2.75) is 26.2 Å². The monoisotopic (exact) mass is 244 g/mol. The van der Waals surface area contributed by atoms with Crippen LogP contribution < -0.4 is 11.1 Å². The fraction of sp³-hybridized carbons (Fsp3) is 0.357. The summed E-state index contributed by atoms with van der Waals surface area (Å²) in [4.78, 5) is 0. The summed E-state index contributed by atoms with van der Waals surface area (Å²) in [5, 5.41) is 7.86. The first kappa shape index (κ1) is 12.5. The Morgan fingerprint density at radius 3 is 2.28 bits per heavy atom. The zero-order valence-electron chi connectivity index (χ0n) is 11.4. The van der Waals surface area contributed by atoms with Gasteiger partial charge in [-0.25, -0.2) is 0 Å². The Kier molecular flexibility index (Phi) is 3.03. The zero-order valence-corrected chi connectivity index (χ0v) is 11.4. The molecule has 0 fully saturated rings. The van der Waals surface area contributed by atoms with Gasteiger partial charge in [-0.2, -0.15) is 5.10 Å². The summed E-state index contributed by atoms with van der Waals surface area (Å²) in [6.07, 6.45) is 0. The number of benzene rings is 1. The van der Waals surface area contributed by atoms with Crippen molar-refractivity contribution in [2.24, 2.45) is 7.05 Å². The molecular formula is C14H20N4. The van der Waals surface area contributed by atoms with Gasteiger partial charge in [-0.3, -0.25) is 4.68 Å². The quantitative estimate of drug-likeness (QED) is 0.798. The topological polar surface area (TPSA) is 55.9 Å². The molecule has 1 aromatic heterocycles. The number of nitrogens with two attached hydrogens (primary N) is 1. The summed E-state index contributed by atoms with van der Waals surface area (Å²) in [7, 11) is 1.94. The van der Waals surface area contributed by atoms with Crippen LogP contribution in [0.25, 0.3) is 0 Å². The van der Waals surface area contributed by atoms with Gasteiger partial charge in [0.2, 0.25) is 0 Å². The van der Waals surface area contributed by atoms with Crippen LogP contribution >= 0.6 is 0 Å². The van der Waals surface area contributed by atoms with Crippen LogP contribution in [-0.4, -0.2) is 9.78 Å². The van der Waals surface area contributed by atoms with E-state index in [1.807, 2.05) is 36.0 Å². The van der Waals surface area contributed by atoms with E-state index < -0.39 is 0 Å². The van der Waals surface area contributed by atoms with Crippen molar-refractivity contribution in [3.8, 4) is 0 Å². The van der Waals surface area contributed by atoms with E-state index >= 15 is 0 Å². The van der Waals surface area contributed by atoms with Gasteiger partial charge in [0.05, 0.1) is 5.69 Å². The van der Waals surface area contributed by atoms with Crippen molar-refractivity contribution in [1.82, 2.24) is 9.78 Å². The Morgan fingerprint density at radius 2 is 1.78 bits per heavy atom. The summed E-state index contributed by atoms with van der Waals surface area (Å²) in [6.45, 7) is 6.47. The number of aryl methyl sites for hydroxylation is 1. The summed E-state index contributed by atoms with van der Waals surface area (Å²) in [6, 6.07) is 9.75. The molecule has 0 saturated heterocycles. The second kappa shape index (κ2) is 4.37. The van der Waals surface area contributed by atoms with Crippen molar-refractivity contribution < 1.29 is 0 Å². The Morgan fingerprint density at radius 1 is 1.17 bits per heavy atom. The summed E-state index contributed by atoms with van der Waals surface area (Å²) >= 11 is 0. The van der Waals surface area contributed by atoms with E-state index in [2.05, 4.69) is 37.3 Å². The van der Waals surface area contributed by atoms with E-state index in [4.69, 9.17) is 5.73 Å². The number of nitrogen functional groups attached to an aromatic ring is 1. The van der Waals surface area contributed by atoms with Crippen LogP contribution in [0.4, 0.5) is 17.2 Å². The molecule has 0 unspecified atom stereocenters. The molecule has 3 N–H and O–H groups in total.